The van der Waals surface area contributed by atoms with Crippen LogP contribution < -0.4 is 10.6 Å². The van der Waals surface area contributed by atoms with Gasteiger partial charge in [-0.25, -0.2) is 4.68 Å². The normalized spacial score (nSPS) is 35.7. The molecule has 3 amide bonds. The van der Waals surface area contributed by atoms with E-state index in [1.54, 1.807) is 6.92 Å². The Hall–Kier alpha value is -2.57. The molecule has 6 heterocycles. The van der Waals surface area contributed by atoms with Gasteiger partial charge in [-0.3, -0.25) is 24.2 Å². The smallest absolute Gasteiger partial charge is 0.240 e. The number of aliphatic hydroxyl groups excluding tert-OH is 1. The summed E-state index contributed by atoms with van der Waals surface area (Å²) in [6, 6.07) is -0.775. The highest BCUT2D eigenvalue weighted by molar-refractivity contribution is 5.84. The molecule has 1 aliphatic carbocycles. The van der Waals surface area contributed by atoms with Gasteiger partial charge in [-0.1, -0.05) is 38.8 Å². The number of nitrogens with one attached hydrogen (secondary N) is 2. The number of fused-ring (bicyclic) bond motifs is 8. The van der Waals surface area contributed by atoms with Gasteiger partial charge in [0, 0.05) is 55.9 Å². The zero-order valence-electron chi connectivity index (χ0n) is 26.2. The molecule has 1 aromatic rings. The van der Waals surface area contributed by atoms with E-state index >= 15 is 0 Å². The standard InChI is InChI=1S/C31H50N8O4/c1-19-26(40)15-28(41)33-20-13-25(37(16-20)21-7-5-6-8-21)30(43)36-11-9-22(10-12-36)38-17-23(14-24(38)29(42)32-19)39-18-27(34-35-39)31(2,3)4/h18-26,40H,5-17H2,1-4H3,(H,32,42)(H,33,41)/t19-,20-,23-,24-,25-,26-/m0/s1. The van der Waals surface area contributed by atoms with Gasteiger partial charge in [0.1, 0.15) is 0 Å². The van der Waals surface area contributed by atoms with Gasteiger partial charge in [0.15, 0.2) is 0 Å². The number of nitrogens with zero attached hydrogens (tertiary/aromatic N) is 6. The average Bonchev–Trinajstić information content (AvgIpc) is 3.77. The Labute approximate surface area is 254 Å². The van der Waals surface area contributed by atoms with Crippen LogP contribution in [-0.2, 0) is 19.8 Å². The summed E-state index contributed by atoms with van der Waals surface area (Å²) in [5.41, 5.74) is 0.788. The Morgan fingerprint density at radius 3 is 2.23 bits per heavy atom. The fourth-order valence-corrected chi connectivity index (χ4v) is 8.04. The number of amides is 3. The third-order valence-corrected chi connectivity index (χ3v) is 10.6. The molecule has 5 saturated heterocycles. The van der Waals surface area contributed by atoms with Crippen LogP contribution in [-0.4, -0.2) is 121 Å². The number of likely N-dealkylation sites (tertiary alicyclic amines) is 1. The molecule has 0 aromatic carbocycles. The predicted octanol–water partition coefficient (Wildman–Crippen LogP) is 0.953. The number of aliphatic hydroxyl groups is 1. The summed E-state index contributed by atoms with van der Waals surface area (Å²) in [5, 5.41) is 25.9. The van der Waals surface area contributed by atoms with E-state index in [1.165, 1.54) is 12.8 Å². The Bertz CT molecular complexity index is 1180. The van der Waals surface area contributed by atoms with E-state index in [9.17, 15) is 19.5 Å². The molecule has 1 saturated carbocycles. The molecule has 0 unspecified atom stereocenters. The number of aromatic nitrogens is 3. The van der Waals surface area contributed by atoms with E-state index in [0.717, 1.165) is 31.4 Å². The molecule has 12 heteroatoms. The van der Waals surface area contributed by atoms with Crippen molar-refractivity contribution >= 4 is 17.7 Å². The molecule has 0 spiro atoms. The van der Waals surface area contributed by atoms with Crippen LogP contribution in [0.2, 0.25) is 0 Å². The maximum Gasteiger partial charge on any atom is 0.240 e. The highest BCUT2D eigenvalue weighted by atomic mass is 16.3. The molecule has 7 rings (SSSR count). The summed E-state index contributed by atoms with van der Waals surface area (Å²) < 4.78 is 1.91. The lowest BCUT2D eigenvalue weighted by Crippen LogP contribution is -2.56. The van der Waals surface area contributed by atoms with Gasteiger partial charge in [0.25, 0.3) is 0 Å². The first-order valence-electron chi connectivity index (χ1n) is 16.5. The maximum atomic E-state index is 14.0. The molecule has 12 nitrogen and oxygen atoms in total. The second-order valence-electron chi connectivity index (χ2n) is 14.7. The lowest BCUT2D eigenvalue weighted by atomic mass is 9.93. The van der Waals surface area contributed by atoms with Crippen LogP contribution in [0, 0.1) is 0 Å². The number of piperidine rings is 1. The zero-order chi connectivity index (χ0) is 30.5. The molecule has 5 aliphatic heterocycles. The van der Waals surface area contributed by atoms with Crippen molar-refractivity contribution in [3.05, 3.63) is 11.9 Å². The van der Waals surface area contributed by atoms with Crippen LogP contribution in [0.1, 0.15) is 97.2 Å². The van der Waals surface area contributed by atoms with Gasteiger partial charge in [-0.15, -0.1) is 5.10 Å². The fraction of sp³-hybridized carbons (Fsp3) is 0.839. The monoisotopic (exact) mass is 598 g/mol. The van der Waals surface area contributed by atoms with Crippen molar-refractivity contribution in [1.82, 2.24) is 40.3 Å². The summed E-state index contributed by atoms with van der Waals surface area (Å²) in [6.07, 6.45) is 8.26. The Kier molecular flexibility index (Phi) is 8.56. The summed E-state index contributed by atoms with van der Waals surface area (Å²) >= 11 is 0. The summed E-state index contributed by atoms with van der Waals surface area (Å²) in [7, 11) is 0. The van der Waals surface area contributed by atoms with E-state index in [0.29, 0.717) is 45.1 Å². The van der Waals surface area contributed by atoms with Crippen molar-refractivity contribution in [1.29, 1.82) is 0 Å². The third kappa shape index (κ3) is 6.33. The van der Waals surface area contributed by atoms with Crippen LogP contribution in [0.3, 0.4) is 0 Å². The molecule has 1 aromatic heterocycles. The highest BCUT2D eigenvalue weighted by Crippen LogP contribution is 2.35. The van der Waals surface area contributed by atoms with Crippen LogP contribution in [0.4, 0.5) is 0 Å². The Morgan fingerprint density at radius 2 is 1.56 bits per heavy atom. The molecule has 4 bridgehead atoms. The maximum absolute atomic E-state index is 14.0. The van der Waals surface area contributed by atoms with Gasteiger partial charge in [-0.2, -0.15) is 0 Å². The lowest BCUT2D eigenvalue weighted by molar-refractivity contribution is -0.139. The summed E-state index contributed by atoms with van der Waals surface area (Å²) in [6.45, 7) is 10.8. The number of carbonyl (C=O) groups is 3. The molecule has 238 valence electrons. The number of rotatable bonds is 2. The van der Waals surface area contributed by atoms with Crippen LogP contribution in [0.15, 0.2) is 6.20 Å². The van der Waals surface area contributed by atoms with Gasteiger partial charge in [-0.05, 0) is 45.4 Å². The number of carbonyl (C=O) groups excluding carboxylic acids is 3. The minimum absolute atomic E-state index is 0.00833. The van der Waals surface area contributed by atoms with Crippen molar-refractivity contribution in [2.75, 3.05) is 26.2 Å². The summed E-state index contributed by atoms with van der Waals surface area (Å²) in [4.78, 5) is 47.4. The lowest BCUT2D eigenvalue weighted by Gasteiger charge is -2.41. The topological polar surface area (TPSA) is 136 Å². The minimum atomic E-state index is -1.01. The zero-order valence-corrected chi connectivity index (χ0v) is 26.2. The molecule has 0 radical (unpaired) electrons. The third-order valence-electron chi connectivity index (χ3n) is 10.6. The van der Waals surface area contributed by atoms with Gasteiger partial charge in [0.05, 0.1) is 42.4 Å². The molecule has 43 heavy (non-hydrogen) atoms. The summed E-state index contributed by atoms with van der Waals surface area (Å²) in [5.74, 6) is -0.210. The second-order valence-corrected chi connectivity index (χ2v) is 14.7. The quantitative estimate of drug-likeness (QED) is 0.458. The molecular weight excluding hydrogens is 548 g/mol. The highest BCUT2D eigenvalue weighted by Gasteiger charge is 2.46. The van der Waals surface area contributed by atoms with Crippen LogP contribution in [0.25, 0.3) is 0 Å². The molecular formula is C31H50N8O4. The molecule has 6 fully saturated rings. The predicted molar refractivity (Wildman–Crippen MR) is 160 cm³/mol. The SMILES string of the molecule is C[C@@H]1NC(=O)[C@@H]2C[C@H](n3cc(C(C)(C)C)nn3)CN2C2CCN(CC2)C(=O)[C@@H]2C[C@@H](CN2C2CCCC2)NC(=O)C[C@@H]1O. The van der Waals surface area contributed by atoms with Gasteiger partial charge < -0.3 is 20.6 Å². The number of hydrogen-bond acceptors (Lipinski definition) is 8. The van der Waals surface area contributed by atoms with E-state index < -0.39 is 18.2 Å². The van der Waals surface area contributed by atoms with E-state index in [1.807, 2.05) is 15.8 Å². The fourth-order valence-electron chi connectivity index (χ4n) is 8.04. The average molecular weight is 599 g/mol. The van der Waals surface area contributed by atoms with Gasteiger partial charge >= 0.3 is 0 Å². The first-order valence-corrected chi connectivity index (χ1v) is 16.5. The van der Waals surface area contributed by atoms with Crippen molar-refractivity contribution in [2.24, 2.45) is 0 Å². The van der Waals surface area contributed by atoms with Crippen LogP contribution in [0.5, 0.6) is 0 Å². The van der Waals surface area contributed by atoms with Gasteiger partial charge in [0.2, 0.25) is 17.7 Å². The van der Waals surface area contributed by atoms with Crippen molar-refractivity contribution in [2.45, 2.75) is 139 Å². The Morgan fingerprint density at radius 1 is 0.884 bits per heavy atom. The van der Waals surface area contributed by atoms with E-state index in [2.05, 4.69) is 51.5 Å². The minimum Gasteiger partial charge on any atom is -0.390 e. The number of hydrogen-bond donors (Lipinski definition) is 3. The van der Waals surface area contributed by atoms with Crippen molar-refractivity contribution < 1.29 is 19.5 Å². The largest absolute Gasteiger partial charge is 0.390 e. The first-order chi connectivity index (χ1) is 20.5. The molecule has 3 N–H and O–H groups in total. The van der Waals surface area contributed by atoms with Crippen molar-refractivity contribution in [3.8, 4) is 0 Å². The van der Waals surface area contributed by atoms with Crippen molar-refractivity contribution in [3.63, 3.8) is 0 Å². The Balaban J connectivity index is 1.24. The molecule has 6 aliphatic rings. The second kappa shape index (κ2) is 12.1. The van der Waals surface area contributed by atoms with E-state index in [-0.39, 0.29) is 53.7 Å². The van der Waals surface area contributed by atoms with Crippen LogP contribution >= 0.6 is 0 Å². The first kappa shape index (κ1) is 30.5. The van der Waals surface area contributed by atoms with E-state index in [4.69, 9.17) is 0 Å². The molecule has 6 atom stereocenters.